The Morgan fingerprint density at radius 2 is 0.984 bits per heavy atom. The summed E-state index contributed by atoms with van der Waals surface area (Å²) in [5.41, 5.74) is -0.267. The van der Waals surface area contributed by atoms with Gasteiger partial charge in [0.1, 0.15) is 11.6 Å². The third-order valence-corrected chi connectivity index (χ3v) is 12.8. The maximum Gasteiger partial charge on any atom is 0.223 e. The van der Waals surface area contributed by atoms with Gasteiger partial charge in [-0.3, -0.25) is 14.4 Å². The Morgan fingerprint density at radius 3 is 1.48 bits per heavy atom. The molecule has 0 aromatic heterocycles. The molecular formula is C55H102N2O4. The van der Waals surface area contributed by atoms with Crippen LogP contribution in [-0.2, 0) is 19.1 Å². The van der Waals surface area contributed by atoms with Crippen molar-refractivity contribution in [2.45, 2.75) is 265 Å². The fraction of sp³-hybridized carbons (Fsp3) is 0.836. The average molecular weight is 855 g/mol. The second kappa shape index (κ2) is 43.1. The van der Waals surface area contributed by atoms with E-state index in [-0.39, 0.29) is 29.1 Å². The molecule has 0 heterocycles. The van der Waals surface area contributed by atoms with Crippen LogP contribution in [0, 0.1) is 11.3 Å². The first-order valence-corrected chi connectivity index (χ1v) is 26.2. The molecule has 0 saturated heterocycles. The van der Waals surface area contributed by atoms with Crippen molar-refractivity contribution in [1.82, 2.24) is 10.6 Å². The van der Waals surface area contributed by atoms with Crippen LogP contribution in [0.15, 0.2) is 36.6 Å². The standard InChI is InChI=1S/C55H102N2O4/c1-8-10-12-14-16-18-20-22-24-26-28-30-32-34-36-39-49(3)61-53(41-38-47-57-54(60)50(4)55(5,6)46-44-52(59)45-48-56-7)43-42-51(58)40-37-35-33-31-29-27-25-23-21-19-17-15-13-11-9-2/h22-25,50,53,56H,3,8-21,26-48H2,1-2,4-7H3,(H,57,60)/b24-22-,25-23-. The predicted molar refractivity (Wildman–Crippen MR) is 265 cm³/mol. The lowest BCUT2D eigenvalue weighted by molar-refractivity contribution is -0.129. The number of hydrogen-bond acceptors (Lipinski definition) is 5. The lowest BCUT2D eigenvalue weighted by Gasteiger charge is -2.31. The molecule has 0 spiro atoms. The van der Waals surface area contributed by atoms with Crippen molar-refractivity contribution in [3.05, 3.63) is 36.6 Å². The summed E-state index contributed by atoms with van der Waals surface area (Å²) in [5.74, 6) is 1.25. The fourth-order valence-corrected chi connectivity index (χ4v) is 7.91. The van der Waals surface area contributed by atoms with Crippen molar-refractivity contribution in [2.24, 2.45) is 11.3 Å². The lowest BCUT2D eigenvalue weighted by Crippen LogP contribution is -2.38. The van der Waals surface area contributed by atoms with Crippen LogP contribution < -0.4 is 10.6 Å². The average Bonchev–Trinajstić information content (AvgIpc) is 3.24. The highest BCUT2D eigenvalue weighted by molar-refractivity contribution is 5.80. The Bertz CT molecular complexity index is 1110. The molecule has 61 heavy (non-hydrogen) atoms. The molecule has 0 rings (SSSR count). The van der Waals surface area contributed by atoms with Gasteiger partial charge in [-0.2, -0.15) is 0 Å². The van der Waals surface area contributed by atoms with Gasteiger partial charge in [-0.1, -0.05) is 168 Å². The zero-order valence-electron chi connectivity index (χ0n) is 41.5. The molecule has 0 radical (unpaired) electrons. The van der Waals surface area contributed by atoms with Gasteiger partial charge in [0.15, 0.2) is 0 Å². The Kier molecular flexibility index (Phi) is 41.5. The second-order valence-electron chi connectivity index (χ2n) is 19.1. The third-order valence-electron chi connectivity index (χ3n) is 12.8. The number of Topliss-reactive ketones (excluding diaryl/α,β-unsaturated/α-hetero) is 2. The lowest BCUT2D eigenvalue weighted by atomic mass is 9.75. The topological polar surface area (TPSA) is 84.5 Å². The van der Waals surface area contributed by atoms with Crippen LogP contribution in [0.3, 0.4) is 0 Å². The van der Waals surface area contributed by atoms with Gasteiger partial charge in [0, 0.05) is 51.1 Å². The third kappa shape index (κ3) is 39.1. The molecule has 1 amide bonds. The zero-order valence-corrected chi connectivity index (χ0v) is 41.5. The van der Waals surface area contributed by atoms with Gasteiger partial charge in [-0.05, 0) is 102 Å². The second-order valence-corrected chi connectivity index (χ2v) is 19.1. The summed E-state index contributed by atoms with van der Waals surface area (Å²) in [6.07, 6.45) is 48.5. The first-order chi connectivity index (χ1) is 29.6. The van der Waals surface area contributed by atoms with Gasteiger partial charge in [0.05, 0.1) is 11.9 Å². The number of ketones is 2. The van der Waals surface area contributed by atoms with Crippen LogP contribution in [-0.4, -0.2) is 43.7 Å². The van der Waals surface area contributed by atoms with Gasteiger partial charge in [0.2, 0.25) is 5.91 Å². The smallest absolute Gasteiger partial charge is 0.223 e. The molecule has 0 aliphatic rings. The molecule has 2 atom stereocenters. The van der Waals surface area contributed by atoms with Gasteiger partial charge in [-0.15, -0.1) is 0 Å². The number of ether oxygens (including phenoxy) is 1. The van der Waals surface area contributed by atoms with Crippen molar-refractivity contribution in [2.75, 3.05) is 20.1 Å². The molecule has 0 aromatic rings. The largest absolute Gasteiger partial charge is 0.495 e. The van der Waals surface area contributed by atoms with Crippen molar-refractivity contribution in [3.63, 3.8) is 0 Å². The summed E-state index contributed by atoms with van der Waals surface area (Å²) in [5, 5.41) is 6.19. The highest BCUT2D eigenvalue weighted by atomic mass is 16.5. The highest BCUT2D eigenvalue weighted by Gasteiger charge is 2.31. The van der Waals surface area contributed by atoms with Gasteiger partial charge in [-0.25, -0.2) is 0 Å². The molecule has 6 nitrogen and oxygen atoms in total. The Morgan fingerprint density at radius 1 is 0.541 bits per heavy atom. The summed E-state index contributed by atoms with van der Waals surface area (Å²) in [6.45, 7) is 16.2. The highest BCUT2D eigenvalue weighted by Crippen LogP contribution is 2.32. The quantitative estimate of drug-likeness (QED) is 0.0362. The maximum absolute atomic E-state index is 13.1. The van der Waals surface area contributed by atoms with E-state index >= 15 is 0 Å². The summed E-state index contributed by atoms with van der Waals surface area (Å²) >= 11 is 0. The van der Waals surface area contributed by atoms with Gasteiger partial charge < -0.3 is 15.4 Å². The summed E-state index contributed by atoms with van der Waals surface area (Å²) < 4.78 is 6.43. The van der Waals surface area contributed by atoms with Crippen LogP contribution >= 0.6 is 0 Å². The number of amides is 1. The van der Waals surface area contributed by atoms with Crippen molar-refractivity contribution < 1.29 is 19.1 Å². The molecule has 0 aromatic carbocycles. The molecule has 0 aliphatic carbocycles. The number of carbonyl (C=O) groups is 3. The molecule has 0 fully saturated rings. The Hall–Kier alpha value is -2.21. The predicted octanol–water partition coefficient (Wildman–Crippen LogP) is 15.8. The van der Waals surface area contributed by atoms with Gasteiger partial charge >= 0.3 is 0 Å². The fourth-order valence-electron chi connectivity index (χ4n) is 7.91. The first kappa shape index (κ1) is 58.8. The van der Waals surface area contributed by atoms with Crippen LogP contribution in [0.1, 0.15) is 259 Å². The minimum atomic E-state index is -0.267. The monoisotopic (exact) mass is 855 g/mol. The maximum atomic E-state index is 13.1. The van der Waals surface area contributed by atoms with E-state index in [1.165, 1.54) is 148 Å². The van der Waals surface area contributed by atoms with E-state index in [1.807, 2.05) is 14.0 Å². The minimum absolute atomic E-state index is 0.0360. The number of hydrogen-bond donors (Lipinski definition) is 2. The van der Waals surface area contributed by atoms with Crippen molar-refractivity contribution >= 4 is 17.5 Å². The number of nitrogens with one attached hydrogen (secondary N) is 2. The SMILES string of the molecule is C=C(CCCCCCC/C=C\CCCCCCCC)OC(CCCNC(=O)C(C)C(C)(C)CCC(=O)CCNC)CCC(=O)CCCCCCC/C=C\CCCCCCCC. The van der Waals surface area contributed by atoms with Crippen LogP contribution in [0.5, 0.6) is 0 Å². The normalized spacial score (nSPS) is 13.0. The van der Waals surface area contributed by atoms with Crippen LogP contribution in [0.4, 0.5) is 0 Å². The summed E-state index contributed by atoms with van der Waals surface area (Å²) in [6, 6.07) is 0. The van der Waals surface area contributed by atoms with Crippen molar-refractivity contribution in [1.29, 1.82) is 0 Å². The number of carbonyl (C=O) groups excluding carboxylic acids is 3. The molecular weight excluding hydrogens is 753 g/mol. The molecule has 0 saturated carbocycles. The molecule has 2 N–H and O–H groups in total. The summed E-state index contributed by atoms with van der Waals surface area (Å²) in [4.78, 5) is 38.4. The van der Waals surface area contributed by atoms with E-state index in [4.69, 9.17) is 4.74 Å². The Balaban J connectivity index is 4.62. The van der Waals surface area contributed by atoms with Crippen LogP contribution in [0.2, 0.25) is 0 Å². The Labute approximate surface area is 379 Å². The zero-order chi connectivity index (χ0) is 45.1. The number of unbranched alkanes of at least 4 members (excludes halogenated alkanes) is 22. The van der Waals surface area contributed by atoms with E-state index in [9.17, 15) is 14.4 Å². The molecule has 2 unspecified atom stereocenters. The van der Waals surface area contributed by atoms with E-state index in [2.05, 4.69) is 69.2 Å². The van der Waals surface area contributed by atoms with E-state index < -0.39 is 0 Å². The van der Waals surface area contributed by atoms with E-state index in [0.29, 0.717) is 57.4 Å². The van der Waals surface area contributed by atoms with Gasteiger partial charge in [0.25, 0.3) is 0 Å². The number of rotatable bonds is 47. The molecule has 6 heteroatoms. The summed E-state index contributed by atoms with van der Waals surface area (Å²) in [7, 11) is 1.86. The molecule has 0 bridgehead atoms. The van der Waals surface area contributed by atoms with E-state index in [1.54, 1.807) is 0 Å². The first-order valence-electron chi connectivity index (χ1n) is 26.2. The number of allylic oxidation sites excluding steroid dienone is 5. The minimum Gasteiger partial charge on any atom is -0.495 e. The molecule has 356 valence electrons. The van der Waals surface area contributed by atoms with E-state index in [0.717, 1.165) is 44.3 Å². The van der Waals surface area contributed by atoms with Crippen LogP contribution in [0.25, 0.3) is 0 Å². The van der Waals surface area contributed by atoms with Crippen molar-refractivity contribution in [3.8, 4) is 0 Å². The molecule has 0 aliphatic heterocycles.